The van der Waals surface area contributed by atoms with Gasteiger partial charge in [0.1, 0.15) is 18.7 Å². The fraction of sp³-hybridized carbons (Fsp3) is 0.431. The van der Waals surface area contributed by atoms with Crippen molar-refractivity contribution < 1.29 is 57.7 Å². The highest BCUT2D eigenvalue weighted by atomic mass is 32.1. The van der Waals surface area contributed by atoms with Gasteiger partial charge < -0.3 is 41.2 Å². The molecule has 4 fully saturated rings. The summed E-state index contributed by atoms with van der Waals surface area (Å²) in [6.45, 7) is 9.83. The number of imide groups is 1. The number of thiazole rings is 1. The van der Waals surface area contributed by atoms with E-state index in [2.05, 4.69) is 45.1 Å². The molecule has 1 aliphatic heterocycles. The predicted molar refractivity (Wildman–Crippen MR) is 365 cm³/mol. The number of para-hydroxylation sites is 1. The highest BCUT2D eigenvalue weighted by Gasteiger charge is 2.66. The number of carbonyl (C=O) groups is 9. The van der Waals surface area contributed by atoms with Crippen LogP contribution in [0.4, 0.5) is 15.6 Å². The van der Waals surface area contributed by atoms with E-state index >= 15 is 0 Å². The lowest BCUT2D eigenvalue weighted by atomic mass is 9.39. The number of hydrogen-bond acceptors (Lipinski definition) is 16. The molecule has 3 aromatic carbocycles. The number of nitrogens with zero attached hydrogens (tertiary/aromatic N) is 7. The number of carboxylic acid groups (broad SMARTS) is 1. The van der Waals surface area contributed by atoms with Crippen molar-refractivity contribution in [2.24, 2.45) is 22.0 Å². The molecule has 3 unspecified atom stereocenters. The molecule has 24 nitrogen and oxygen atoms in total. The molecule has 0 radical (unpaired) electrons. The molecule has 0 saturated heterocycles. The number of aromatic carboxylic acids is 1. The van der Waals surface area contributed by atoms with Gasteiger partial charge >= 0.3 is 12.1 Å². The number of aromatic nitrogens is 5. The van der Waals surface area contributed by atoms with E-state index in [0.717, 1.165) is 64.7 Å². The van der Waals surface area contributed by atoms with Crippen LogP contribution in [-0.4, -0.2) is 137 Å². The standard InChI is InChI=1S/C72H82N12O12S/c1-6-53(77-59(86)18-8-7-13-29-83-60(87)27-28-61(83)88)64(90)79-56(15-10-12-17-58(73)85)65(91)76-48-23-19-45(20-24-48)36-95-68(94)82(5)30-31-96-72-40-69(3)37-70(4,41-72)39-71(38-69,42-72)43-84-44(2)51(35-75-84)49-25-26-54(78-62(49)66(92)93)46-21-22-47-33-74-34-52(50(47)32-46)63(89)81-67-80-55-14-9-11-16-57(55)97-67/h9,11,14,16,19-28,32-35,53,56H,6-8,10,12-13,15,17-18,29-31,36-43H2,1-5H3,(H2,73,85)(H,76,91)(H,77,86)(H,79,90)(H,92,93)(H,80,81,89)/t53?,56-,69?,70?,71?,72?/m0/s1. The van der Waals surface area contributed by atoms with Gasteiger partial charge in [0, 0.05) is 97.5 Å². The van der Waals surface area contributed by atoms with Crippen molar-refractivity contribution in [1.29, 1.82) is 0 Å². The molecule has 12 rings (SSSR count). The van der Waals surface area contributed by atoms with Gasteiger partial charge in [0.15, 0.2) is 10.8 Å². The summed E-state index contributed by atoms with van der Waals surface area (Å²) in [5.74, 6) is -4.16. The number of anilines is 2. The van der Waals surface area contributed by atoms with Crippen molar-refractivity contribution in [1.82, 2.24) is 45.2 Å². The van der Waals surface area contributed by atoms with Crippen molar-refractivity contribution in [3.8, 4) is 22.4 Å². The number of hydrogen-bond donors (Lipinski definition) is 6. The summed E-state index contributed by atoms with van der Waals surface area (Å²) in [6.07, 6.45) is 15.5. The molecule has 5 heterocycles. The molecular weight excluding hydrogens is 1260 g/mol. The summed E-state index contributed by atoms with van der Waals surface area (Å²) in [6, 6.07) is 21.5. The number of fused-ring (bicyclic) bond motifs is 2. The maximum Gasteiger partial charge on any atom is 0.409 e. The first kappa shape index (κ1) is 68.6. The Kier molecular flexibility index (Phi) is 20.5. The monoisotopic (exact) mass is 1340 g/mol. The van der Waals surface area contributed by atoms with Crippen LogP contribution in [0.15, 0.2) is 110 Å². The normalized spacial score (nSPS) is 20.6. The summed E-state index contributed by atoms with van der Waals surface area (Å²) in [4.78, 5) is 132. The lowest BCUT2D eigenvalue weighted by Crippen LogP contribution is -2.64. The summed E-state index contributed by atoms with van der Waals surface area (Å²) in [5, 5.41) is 28.8. The van der Waals surface area contributed by atoms with Gasteiger partial charge in [-0.15, -0.1) is 0 Å². The first-order valence-corrected chi connectivity index (χ1v) is 33.9. The van der Waals surface area contributed by atoms with Crippen molar-refractivity contribution in [3.05, 3.63) is 132 Å². The van der Waals surface area contributed by atoms with Crippen molar-refractivity contribution >= 4 is 96.6 Å². The second-order valence-electron chi connectivity index (χ2n) is 27.4. The summed E-state index contributed by atoms with van der Waals surface area (Å²) in [5.41, 5.74) is 9.82. The molecule has 25 heteroatoms. The fourth-order valence-electron chi connectivity index (χ4n) is 15.8. The number of carboxylic acids is 1. The topological polar surface area (TPSA) is 329 Å². The second-order valence-corrected chi connectivity index (χ2v) is 28.4. The van der Waals surface area contributed by atoms with Gasteiger partial charge in [-0.1, -0.05) is 81.3 Å². The number of amides is 8. The zero-order valence-corrected chi connectivity index (χ0v) is 56.1. The molecule has 5 aliphatic rings. The number of rotatable bonds is 30. The zero-order valence-electron chi connectivity index (χ0n) is 55.2. The Balaban J connectivity index is 0.670. The number of pyridine rings is 2. The number of carbonyl (C=O) groups excluding carboxylic acids is 8. The minimum Gasteiger partial charge on any atom is -0.476 e. The third-order valence-electron chi connectivity index (χ3n) is 19.2. The van der Waals surface area contributed by atoms with Gasteiger partial charge in [0.2, 0.25) is 23.6 Å². The van der Waals surface area contributed by atoms with E-state index in [-0.39, 0.29) is 90.9 Å². The van der Waals surface area contributed by atoms with Gasteiger partial charge in [-0.3, -0.25) is 53.4 Å². The Morgan fingerprint density at radius 2 is 1.52 bits per heavy atom. The highest BCUT2D eigenvalue weighted by molar-refractivity contribution is 7.22. The van der Waals surface area contributed by atoms with E-state index in [1.54, 1.807) is 62.8 Å². The maximum absolute atomic E-state index is 13.7. The van der Waals surface area contributed by atoms with E-state index in [0.29, 0.717) is 95.0 Å². The molecular formula is C72H82N12O12S. The third kappa shape index (κ3) is 16.1. The average Bonchev–Trinajstić information content (AvgIpc) is 0.734. The lowest BCUT2D eigenvalue weighted by molar-refractivity contribution is -0.248. The largest absolute Gasteiger partial charge is 0.476 e. The Morgan fingerprint density at radius 3 is 2.24 bits per heavy atom. The predicted octanol–water partition coefficient (Wildman–Crippen LogP) is 10.3. The molecule has 8 amide bonds. The fourth-order valence-corrected chi connectivity index (χ4v) is 16.6. The summed E-state index contributed by atoms with van der Waals surface area (Å²) < 4.78 is 15.7. The minimum absolute atomic E-state index is 0.00163. The molecule has 7 N–H and O–H groups in total. The van der Waals surface area contributed by atoms with E-state index in [1.807, 2.05) is 54.1 Å². The lowest BCUT2D eigenvalue weighted by Gasteiger charge is -2.69. The van der Waals surface area contributed by atoms with Gasteiger partial charge in [-0.25, -0.2) is 19.6 Å². The van der Waals surface area contributed by atoms with Crippen molar-refractivity contribution in [2.75, 3.05) is 37.4 Å². The van der Waals surface area contributed by atoms with Crippen LogP contribution in [0.3, 0.4) is 0 Å². The Morgan fingerprint density at radius 1 is 0.773 bits per heavy atom. The number of ether oxygens (including phenoxy) is 2. The van der Waals surface area contributed by atoms with E-state index in [4.69, 9.17) is 25.3 Å². The van der Waals surface area contributed by atoms with Crippen molar-refractivity contribution in [3.63, 3.8) is 0 Å². The molecule has 0 spiro atoms. The zero-order chi connectivity index (χ0) is 68.8. The third-order valence-corrected chi connectivity index (χ3v) is 20.2. The van der Waals surface area contributed by atoms with E-state index in [1.165, 1.54) is 34.6 Å². The van der Waals surface area contributed by atoms with Crippen LogP contribution in [0.1, 0.15) is 149 Å². The van der Waals surface area contributed by atoms with Crippen LogP contribution in [0.2, 0.25) is 0 Å². The molecule has 4 bridgehead atoms. The quantitative estimate of drug-likeness (QED) is 0.0180. The summed E-state index contributed by atoms with van der Waals surface area (Å²) >= 11 is 1.38. The van der Waals surface area contributed by atoms with Crippen molar-refractivity contribution in [2.45, 2.75) is 155 Å². The van der Waals surface area contributed by atoms with E-state index < -0.39 is 47.5 Å². The SMILES string of the molecule is CCC(NC(=O)CCCCCN1C(=O)C=CC1=O)C(=O)N[C@@H](CCCCC(N)=O)C(=O)Nc1ccc(COC(=O)N(C)CCOC23CC4(C)CC(C)(CC(Cn5ncc(-c6ccc(-c7ccc8cncc(C(=O)Nc9nc%10ccccc%10s9)c8c7)nc6C(=O)O)c5C)(C4)C2)C3)cc1. The summed E-state index contributed by atoms with van der Waals surface area (Å²) in [7, 11) is 1.67. The van der Waals surface area contributed by atoms with Gasteiger partial charge in [0.25, 0.3) is 17.7 Å². The molecule has 4 saturated carbocycles. The Labute approximate surface area is 565 Å². The van der Waals surface area contributed by atoms with Crippen LogP contribution in [0.25, 0.3) is 43.4 Å². The molecule has 7 aromatic rings. The Bertz CT molecular complexity index is 4170. The number of nitrogens with one attached hydrogen (secondary N) is 4. The molecule has 4 atom stereocenters. The average molecular weight is 1340 g/mol. The smallest absolute Gasteiger partial charge is 0.409 e. The van der Waals surface area contributed by atoms with Crippen LogP contribution < -0.4 is 27.0 Å². The first-order valence-electron chi connectivity index (χ1n) is 33.1. The first-order chi connectivity index (χ1) is 46.4. The van der Waals surface area contributed by atoms with Gasteiger partial charge in [-0.2, -0.15) is 5.10 Å². The highest BCUT2D eigenvalue weighted by Crippen LogP contribution is 2.72. The van der Waals surface area contributed by atoms with Crippen LogP contribution in [0.5, 0.6) is 0 Å². The molecule has 508 valence electrons. The number of primary amides is 1. The number of likely N-dealkylation sites (N-methyl/N-ethyl adjacent to an activating group) is 1. The number of unbranched alkanes of at least 4 members (excludes halogenated alkanes) is 3. The second kappa shape index (κ2) is 28.9. The van der Waals surface area contributed by atoms with E-state index in [9.17, 15) is 48.3 Å². The number of benzene rings is 3. The van der Waals surface area contributed by atoms with Gasteiger partial charge in [-0.05, 0) is 147 Å². The Hall–Kier alpha value is -9.75. The van der Waals surface area contributed by atoms with Crippen LogP contribution in [0, 0.1) is 23.2 Å². The van der Waals surface area contributed by atoms with Gasteiger partial charge in [0.05, 0.1) is 39.9 Å². The molecule has 97 heavy (non-hydrogen) atoms. The molecule has 4 aliphatic carbocycles. The minimum atomic E-state index is -1.19. The maximum atomic E-state index is 13.7. The number of nitrogens with two attached hydrogens (primary N) is 1. The molecule has 4 aromatic heterocycles. The van der Waals surface area contributed by atoms with Crippen LogP contribution >= 0.6 is 11.3 Å². The van der Waals surface area contributed by atoms with Crippen LogP contribution in [-0.2, 0) is 51.4 Å².